The highest BCUT2D eigenvalue weighted by atomic mass is 127. The molecule has 9 heteroatoms. The summed E-state index contributed by atoms with van der Waals surface area (Å²) in [7, 11) is 0. The number of hydrogen-bond donors (Lipinski definition) is 3. The summed E-state index contributed by atoms with van der Waals surface area (Å²) >= 11 is 2.14. The van der Waals surface area contributed by atoms with Crippen molar-refractivity contribution < 1.29 is 29.3 Å². The van der Waals surface area contributed by atoms with E-state index in [1.807, 2.05) is 18.2 Å². The summed E-state index contributed by atoms with van der Waals surface area (Å²) in [4.78, 5) is 40.4. The van der Waals surface area contributed by atoms with Crippen molar-refractivity contribution in [2.24, 2.45) is 0 Å². The number of amides is 2. The number of ketones is 1. The maximum Gasteiger partial charge on any atom is 0.290 e. The Labute approximate surface area is 220 Å². The van der Waals surface area contributed by atoms with Crippen LogP contribution in [0.2, 0.25) is 0 Å². The number of benzene rings is 1. The quantitative estimate of drug-likeness (QED) is 0.229. The molecule has 0 unspecified atom stereocenters. The van der Waals surface area contributed by atoms with Crippen LogP contribution in [0.3, 0.4) is 0 Å². The molecule has 2 aliphatic rings. The number of ether oxygens (including phenoxy) is 1. The lowest BCUT2D eigenvalue weighted by Crippen LogP contribution is -2.59. The lowest BCUT2D eigenvalue weighted by molar-refractivity contribution is -0.152. The molecule has 35 heavy (non-hydrogen) atoms. The predicted molar refractivity (Wildman–Crippen MR) is 140 cm³/mol. The van der Waals surface area contributed by atoms with E-state index >= 15 is 0 Å². The van der Waals surface area contributed by atoms with Gasteiger partial charge in [0.15, 0.2) is 0 Å². The third-order valence-corrected chi connectivity index (χ3v) is 7.57. The summed E-state index contributed by atoms with van der Waals surface area (Å²) in [5.74, 6) is -0.936. The van der Waals surface area contributed by atoms with Crippen molar-refractivity contribution in [1.29, 1.82) is 0 Å². The summed E-state index contributed by atoms with van der Waals surface area (Å²) in [5.41, 5.74) is 0.361. The molecule has 0 aromatic heterocycles. The fourth-order valence-corrected chi connectivity index (χ4v) is 5.37. The Hall–Kier alpha value is -1.98. The van der Waals surface area contributed by atoms with Crippen LogP contribution in [0, 0.1) is 3.57 Å². The van der Waals surface area contributed by atoms with Gasteiger partial charge in [0.2, 0.25) is 11.7 Å². The van der Waals surface area contributed by atoms with Crippen LogP contribution in [0.5, 0.6) is 5.75 Å². The molecular formula is C26H35IN2O6. The summed E-state index contributed by atoms with van der Waals surface area (Å²) in [6.45, 7) is 1.54. The van der Waals surface area contributed by atoms with E-state index in [9.17, 15) is 19.5 Å². The average molecular weight is 598 g/mol. The number of Topliss-reactive ketones (excluding diaryl/α,β-unsaturated/α-hetero) is 1. The van der Waals surface area contributed by atoms with E-state index in [1.54, 1.807) is 24.0 Å². The maximum absolute atomic E-state index is 13.4. The molecule has 0 aliphatic heterocycles. The molecule has 192 valence electrons. The molecule has 8 nitrogen and oxygen atoms in total. The van der Waals surface area contributed by atoms with E-state index < -0.39 is 29.9 Å². The van der Waals surface area contributed by atoms with Gasteiger partial charge in [0.1, 0.15) is 18.0 Å². The first kappa shape index (κ1) is 27.6. The van der Waals surface area contributed by atoms with E-state index in [0.717, 1.165) is 42.1 Å². The first-order valence-corrected chi connectivity index (χ1v) is 13.5. The summed E-state index contributed by atoms with van der Waals surface area (Å²) in [5, 5.41) is 23.3. The minimum Gasteiger partial charge on any atom is -0.482 e. The molecule has 2 aliphatic carbocycles. The first-order chi connectivity index (χ1) is 16.9. The van der Waals surface area contributed by atoms with E-state index in [4.69, 9.17) is 9.84 Å². The van der Waals surface area contributed by atoms with Crippen LogP contribution >= 0.6 is 22.6 Å². The number of aliphatic hydroxyl groups excluding tert-OH is 2. The Kier molecular flexibility index (Phi) is 10.5. The molecule has 1 saturated carbocycles. The van der Waals surface area contributed by atoms with Crippen LogP contribution in [-0.4, -0.2) is 70.2 Å². The van der Waals surface area contributed by atoms with Gasteiger partial charge in [0, 0.05) is 31.0 Å². The monoisotopic (exact) mass is 598 g/mol. The van der Waals surface area contributed by atoms with E-state index in [-0.39, 0.29) is 37.9 Å². The van der Waals surface area contributed by atoms with E-state index in [2.05, 4.69) is 27.9 Å². The minimum atomic E-state index is -1.13. The van der Waals surface area contributed by atoms with Crippen molar-refractivity contribution in [1.82, 2.24) is 10.2 Å². The fraction of sp³-hybridized carbons (Fsp3) is 0.577. The number of hydrogen-bond acceptors (Lipinski definition) is 6. The Bertz CT molecular complexity index is 928. The molecule has 1 aromatic carbocycles. The van der Waals surface area contributed by atoms with Gasteiger partial charge in [-0.15, -0.1) is 0 Å². The zero-order chi connectivity index (χ0) is 25.4. The minimum absolute atomic E-state index is 0.0761. The van der Waals surface area contributed by atoms with Crippen LogP contribution < -0.4 is 10.1 Å². The molecule has 1 aromatic rings. The number of para-hydroxylation sites is 1. The predicted octanol–water partition coefficient (Wildman–Crippen LogP) is 2.74. The van der Waals surface area contributed by atoms with Crippen LogP contribution in [0.25, 0.3) is 0 Å². The molecule has 0 spiro atoms. The Morgan fingerprint density at radius 1 is 1.14 bits per heavy atom. The van der Waals surface area contributed by atoms with Crippen molar-refractivity contribution in [2.75, 3.05) is 13.2 Å². The smallest absolute Gasteiger partial charge is 0.290 e. The number of nitrogens with one attached hydrogen (secondary N) is 1. The molecule has 0 saturated heterocycles. The number of rotatable bonds is 9. The van der Waals surface area contributed by atoms with Crippen molar-refractivity contribution in [2.45, 2.75) is 82.6 Å². The topological polar surface area (TPSA) is 116 Å². The maximum atomic E-state index is 13.4. The van der Waals surface area contributed by atoms with E-state index in [0.29, 0.717) is 11.3 Å². The SMILES string of the molecule is CCC(=O)C(=O)N(C1CCCCCC1)[C@@H]1CC(C(=O)NCCO)=C[C@H](Oc2ccccc2I)[C@H]1O. The summed E-state index contributed by atoms with van der Waals surface area (Å²) in [6, 6.07) is 6.39. The van der Waals surface area contributed by atoms with Crippen molar-refractivity contribution in [3.8, 4) is 5.75 Å². The molecule has 2 amide bonds. The molecule has 1 fully saturated rings. The number of halogens is 1. The molecule has 0 radical (unpaired) electrons. The van der Waals surface area contributed by atoms with Crippen LogP contribution in [0.1, 0.15) is 58.3 Å². The van der Waals surface area contributed by atoms with Gasteiger partial charge in [-0.2, -0.15) is 0 Å². The normalized spacial score (nSPS) is 23.1. The third kappa shape index (κ3) is 7.04. The lowest BCUT2D eigenvalue weighted by Gasteiger charge is -2.43. The fourth-order valence-electron chi connectivity index (χ4n) is 4.85. The second-order valence-electron chi connectivity index (χ2n) is 9.08. The van der Waals surface area contributed by atoms with E-state index in [1.165, 1.54) is 0 Å². The van der Waals surface area contributed by atoms with Gasteiger partial charge in [-0.3, -0.25) is 14.4 Å². The largest absolute Gasteiger partial charge is 0.482 e. The van der Waals surface area contributed by atoms with Gasteiger partial charge in [-0.1, -0.05) is 44.7 Å². The molecule has 3 N–H and O–H groups in total. The Balaban J connectivity index is 1.99. The van der Waals surface area contributed by atoms with Gasteiger partial charge in [-0.25, -0.2) is 0 Å². The average Bonchev–Trinajstić information content (AvgIpc) is 3.14. The lowest BCUT2D eigenvalue weighted by atomic mass is 9.86. The second-order valence-corrected chi connectivity index (χ2v) is 10.2. The van der Waals surface area contributed by atoms with Gasteiger partial charge >= 0.3 is 0 Å². The standard InChI is InChI=1S/C26H35IN2O6/c1-2-21(31)26(34)29(18-9-5-3-4-6-10-18)20-15-17(25(33)28-13-14-30)16-23(24(20)32)35-22-12-8-7-11-19(22)27/h7-8,11-12,16,18,20,23-24,30,32H,2-6,9-10,13-15H2,1H3,(H,28,33)/t20-,23+,24+/m1/s1. The highest BCUT2D eigenvalue weighted by molar-refractivity contribution is 14.1. The van der Waals surface area contributed by atoms with Gasteiger partial charge in [0.05, 0.1) is 16.2 Å². The van der Waals surface area contributed by atoms with Crippen molar-refractivity contribution in [3.63, 3.8) is 0 Å². The van der Waals surface area contributed by atoms with Gasteiger partial charge in [0.25, 0.3) is 5.91 Å². The molecular weight excluding hydrogens is 563 g/mol. The molecule has 3 atom stereocenters. The van der Waals surface area contributed by atoms with Gasteiger partial charge < -0.3 is 25.2 Å². The molecule has 0 heterocycles. The second kappa shape index (κ2) is 13.4. The first-order valence-electron chi connectivity index (χ1n) is 12.4. The molecule has 0 bridgehead atoms. The zero-order valence-electron chi connectivity index (χ0n) is 20.1. The number of nitrogens with zero attached hydrogens (tertiary/aromatic N) is 1. The third-order valence-electron chi connectivity index (χ3n) is 6.68. The van der Waals surface area contributed by atoms with Crippen molar-refractivity contribution in [3.05, 3.63) is 39.5 Å². The van der Waals surface area contributed by atoms with Gasteiger partial charge in [-0.05, 0) is 53.6 Å². The summed E-state index contributed by atoms with van der Waals surface area (Å²) in [6.07, 6.45) is 5.28. The summed E-state index contributed by atoms with van der Waals surface area (Å²) < 4.78 is 7.00. The number of carbonyl (C=O) groups is 3. The highest BCUT2D eigenvalue weighted by Gasteiger charge is 2.44. The van der Waals surface area contributed by atoms with Crippen molar-refractivity contribution >= 4 is 40.2 Å². The molecule has 3 rings (SSSR count). The van der Waals surface area contributed by atoms with Crippen LogP contribution in [0.15, 0.2) is 35.9 Å². The Morgan fingerprint density at radius 2 is 1.83 bits per heavy atom. The van der Waals surface area contributed by atoms with Crippen LogP contribution in [-0.2, 0) is 14.4 Å². The Morgan fingerprint density at radius 3 is 2.46 bits per heavy atom. The zero-order valence-corrected chi connectivity index (χ0v) is 22.3. The number of aliphatic hydroxyl groups is 2. The number of carbonyl (C=O) groups excluding carboxylic acids is 3. The van der Waals surface area contributed by atoms with Crippen LogP contribution in [0.4, 0.5) is 0 Å². The highest BCUT2D eigenvalue weighted by Crippen LogP contribution is 2.33.